The third-order valence-corrected chi connectivity index (χ3v) is 3.21. The summed E-state index contributed by atoms with van der Waals surface area (Å²) in [6.45, 7) is 2.33. The van der Waals surface area contributed by atoms with Crippen molar-refractivity contribution in [2.75, 3.05) is 19.7 Å². The van der Waals surface area contributed by atoms with Crippen LogP contribution < -0.4 is 10.5 Å². The van der Waals surface area contributed by atoms with Crippen LogP contribution in [0.3, 0.4) is 0 Å². The molecule has 0 spiro atoms. The van der Waals surface area contributed by atoms with Gasteiger partial charge < -0.3 is 15.6 Å². The van der Waals surface area contributed by atoms with Crippen molar-refractivity contribution in [3.8, 4) is 5.75 Å². The Labute approximate surface area is 117 Å². The summed E-state index contributed by atoms with van der Waals surface area (Å²) < 4.78 is 5.18. The highest BCUT2D eigenvalue weighted by Crippen LogP contribution is 2.22. The molecular formula is C14H18N2O4. The first-order valence-electron chi connectivity index (χ1n) is 6.47. The van der Waals surface area contributed by atoms with Gasteiger partial charge in [-0.05, 0) is 23.6 Å². The molecule has 1 heterocycles. The maximum Gasteiger partial charge on any atom is 0.303 e. The molecular weight excluding hydrogens is 260 g/mol. The second kappa shape index (κ2) is 6.38. The van der Waals surface area contributed by atoms with E-state index in [1.165, 1.54) is 0 Å². The van der Waals surface area contributed by atoms with E-state index in [0.717, 1.165) is 25.2 Å². The van der Waals surface area contributed by atoms with Crippen LogP contribution in [0, 0.1) is 5.92 Å². The number of likely N-dealkylation sites (tertiary alicyclic amines) is 1. The van der Waals surface area contributed by atoms with Gasteiger partial charge in [-0.2, -0.15) is 0 Å². The fourth-order valence-corrected chi connectivity index (χ4v) is 2.29. The van der Waals surface area contributed by atoms with Gasteiger partial charge >= 0.3 is 5.97 Å². The Bertz CT molecular complexity index is 480. The van der Waals surface area contributed by atoms with E-state index in [-0.39, 0.29) is 18.9 Å². The first kappa shape index (κ1) is 14.3. The molecule has 1 aromatic carbocycles. The van der Waals surface area contributed by atoms with Crippen molar-refractivity contribution in [2.24, 2.45) is 11.7 Å². The number of nitrogens with two attached hydrogens (primary N) is 1. The molecule has 1 aliphatic heterocycles. The topological polar surface area (TPSA) is 92.9 Å². The lowest BCUT2D eigenvalue weighted by molar-refractivity contribution is -0.139. The summed E-state index contributed by atoms with van der Waals surface area (Å²) in [5.74, 6) is -0.352. The minimum Gasteiger partial charge on any atom is -0.484 e. The van der Waals surface area contributed by atoms with E-state index >= 15 is 0 Å². The summed E-state index contributed by atoms with van der Waals surface area (Å²) in [4.78, 5) is 23.3. The number of carbonyl (C=O) groups is 2. The van der Waals surface area contributed by atoms with Crippen LogP contribution in [0.4, 0.5) is 0 Å². The van der Waals surface area contributed by atoms with E-state index in [1.54, 1.807) is 12.1 Å². The second-order valence-corrected chi connectivity index (χ2v) is 5.06. The van der Waals surface area contributed by atoms with Gasteiger partial charge in [-0.1, -0.05) is 12.1 Å². The summed E-state index contributed by atoms with van der Waals surface area (Å²) in [6, 6.07) is 7.46. The Hall–Kier alpha value is -2.08. The quantitative estimate of drug-likeness (QED) is 0.755. The van der Waals surface area contributed by atoms with E-state index in [2.05, 4.69) is 4.90 Å². The fraction of sp³-hybridized carbons (Fsp3) is 0.429. The van der Waals surface area contributed by atoms with Crippen LogP contribution in [0.1, 0.15) is 12.0 Å². The molecule has 0 atom stereocenters. The van der Waals surface area contributed by atoms with Gasteiger partial charge in [0.2, 0.25) is 0 Å². The highest BCUT2D eigenvalue weighted by atomic mass is 16.5. The Morgan fingerprint density at radius 3 is 2.50 bits per heavy atom. The molecule has 1 aliphatic rings. The van der Waals surface area contributed by atoms with Gasteiger partial charge in [0.1, 0.15) is 5.75 Å². The number of aliphatic carboxylic acids is 1. The maximum atomic E-state index is 10.6. The Kier molecular flexibility index (Phi) is 4.57. The van der Waals surface area contributed by atoms with E-state index in [4.69, 9.17) is 15.6 Å². The molecule has 1 amide bonds. The molecule has 3 N–H and O–H groups in total. The van der Waals surface area contributed by atoms with Crippen LogP contribution in [-0.2, 0) is 16.1 Å². The number of hydrogen-bond donors (Lipinski definition) is 2. The molecule has 1 fully saturated rings. The molecule has 20 heavy (non-hydrogen) atoms. The Balaban J connectivity index is 1.75. The van der Waals surface area contributed by atoms with Crippen LogP contribution >= 0.6 is 0 Å². The molecule has 6 nitrogen and oxygen atoms in total. The van der Waals surface area contributed by atoms with Gasteiger partial charge in [0.15, 0.2) is 6.61 Å². The molecule has 0 bridgehead atoms. The van der Waals surface area contributed by atoms with Gasteiger partial charge in [0.25, 0.3) is 5.91 Å². The Morgan fingerprint density at radius 2 is 1.95 bits per heavy atom. The number of benzene rings is 1. The third-order valence-electron chi connectivity index (χ3n) is 3.21. The monoisotopic (exact) mass is 278 g/mol. The van der Waals surface area contributed by atoms with Crippen molar-refractivity contribution >= 4 is 11.9 Å². The summed E-state index contributed by atoms with van der Waals surface area (Å²) in [7, 11) is 0. The lowest BCUT2D eigenvalue weighted by Gasteiger charge is -2.38. The maximum absolute atomic E-state index is 10.6. The van der Waals surface area contributed by atoms with Crippen LogP contribution in [0.25, 0.3) is 0 Å². The van der Waals surface area contributed by atoms with Gasteiger partial charge in [-0.3, -0.25) is 14.5 Å². The van der Waals surface area contributed by atoms with Crippen molar-refractivity contribution in [3.63, 3.8) is 0 Å². The van der Waals surface area contributed by atoms with E-state index in [1.807, 2.05) is 12.1 Å². The summed E-state index contributed by atoms with van der Waals surface area (Å²) in [6.07, 6.45) is 0.246. The molecule has 0 aromatic heterocycles. The predicted octanol–water partition coefficient (Wildman–Crippen LogP) is 0.457. The number of carboxylic acid groups (broad SMARTS) is 1. The standard InChI is InChI=1S/C14H18N2O4/c15-13(17)9-20-12-3-1-10(2-4-12)6-16-7-11(8-16)5-14(18)19/h1-4,11H,5-9H2,(H2,15,17)(H,18,19). The molecule has 0 unspecified atom stereocenters. The van der Waals surface area contributed by atoms with Crippen molar-refractivity contribution < 1.29 is 19.4 Å². The zero-order valence-corrected chi connectivity index (χ0v) is 11.1. The largest absolute Gasteiger partial charge is 0.484 e. The fourth-order valence-electron chi connectivity index (χ4n) is 2.29. The number of amides is 1. The first-order chi connectivity index (χ1) is 9.52. The smallest absolute Gasteiger partial charge is 0.303 e. The highest BCUT2D eigenvalue weighted by molar-refractivity contribution is 5.75. The molecule has 0 aliphatic carbocycles. The van der Waals surface area contributed by atoms with Crippen LogP contribution in [-0.4, -0.2) is 41.6 Å². The molecule has 6 heteroatoms. The van der Waals surface area contributed by atoms with Crippen molar-refractivity contribution in [1.29, 1.82) is 0 Å². The van der Waals surface area contributed by atoms with Crippen molar-refractivity contribution in [3.05, 3.63) is 29.8 Å². The predicted molar refractivity (Wildman–Crippen MR) is 72.2 cm³/mol. The number of carbonyl (C=O) groups excluding carboxylic acids is 1. The lowest BCUT2D eigenvalue weighted by Crippen LogP contribution is -2.46. The normalized spacial score (nSPS) is 15.6. The number of primary amides is 1. The van der Waals surface area contributed by atoms with Crippen LogP contribution in [0.15, 0.2) is 24.3 Å². The second-order valence-electron chi connectivity index (χ2n) is 5.06. The molecule has 0 radical (unpaired) electrons. The Morgan fingerprint density at radius 1 is 1.30 bits per heavy atom. The molecule has 2 rings (SSSR count). The van der Waals surface area contributed by atoms with Gasteiger partial charge in [0.05, 0.1) is 6.42 Å². The summed E-state index contributed by atoms with van der Waals surface area (Å²) >= 11 is 0. The van der Waals surface area contributed by atoms with E-state index in [9.17, 15) is 9.59 Å². The zero-order chi connectivity index (χ0) is 14.5. The number of nitrogens with zero attached hydrogens (tertiary/aromatic N) is 1. The number of rotatable bonds is 7. The SMILES string of the molecule is NC(=O)COc1ccc(CN2CC(CC(=O)O)C2)cc1. The highest BCUT2D eigenvalue weighted by Gasteiger charge is 2.28. The molecule has 1 aromatic rings. The van der Waals surface area contributed by atoms with Crippen molar-refractivity contribution in [1.82, 2.24) is 4.90 Å². The molecule has 1 saturated heterocycles. The number of carboxylic acids is 1. The van der Waals surface area contributed by atoms with E-state index in [0.29, 0.717) is 5.75 Å². The van der Waals surface area contributed by atoms with Crippen LogP contribution in [0.5, 0.6) is 5.75 Å². The third kappa shape index (κ3) is 4.24. The molecule has 0 saturated carbocycles. The average Bonchev–Trinajstić information content (AvgIpc) is 2.34. The van der Waals surface area contributed by atoms with E-state index < -0.39 is 11.9 Å². The first-order valence-corrected chi connectivity index (χ1v) is 6.47. The molecule has 108 valence electrons. The minimum absolute atomic E-state index is 0.123. The number of hydrogen-bond acceptors (Lipinski definition) is 4. The summed E-state index contributed by atoms with van der Waals surface area (Å²) in [5.41, 5.74) is 6.13. The zero-order valence-electron chi connectivity index (χ0n) is 11.1. The average molecular weight is 278 g/mol. The van der Waals surface area contributed by atoms with Gasteiger partial charge in [-0.25, -0.2) is 0 Å². The van der Waals surface area contributed by atoms with Gasteiger partial charge in [0, 0.05) is 19.6 Å². The van der Waals surface area contributed by atoms with Gasteiger partial charge in [-0.15, -0.1) is 0 Å². The summed E-state index contributed by atoms with van der Waals surface area (Å²) in [5, 5.41) is 8.68. The van der Waals surface area contributed by atoms with Crippen LogP contribution in [0.2, 0.25) is 0 Å². The van der Waals surface area contributed by atoms with Crippen molar-refractivity contribution in [2.45, 2.75) is 13.0 Å². The minimum atomic E-state index is -0.731. The lowest BCUT2D eigenvalue weighted by atomic mass is 9.96. The number of ether oxygens (including phenoxy) is 1.